The van der Waals surface area contributed by atoms with Crippen molar-refractivity contribution < 1.29 is 14.6 Å². The number of imidazole rings is 1. The maximum atomic E-state index is 10.2. The Balaban J connectivity index is 1.58. The summed E-state index contributed by atoms with van der Waals surface area (Å²) >= 11 is 0. The van der Waals surface area contributed by atoms with Crippen LogP contribution in [0, 0.1) is 6.92 Å². The van der Waals surface area contributed by atoms with Crippen molar-refractivity contribution in [3.05, 3.63) is 60.1 Å². The summed E-state index contributed by atoms with van der Waals surface area (Å²) in [5.74, 6) is 2.63. The van der Waals surface area contributed by atoms with Gasteiger partial charge in [-0.25, -0.2) is 4.98 Å². The Morgan fingerprint density at radius 2 is 1.88 bits per heavy atom. The normalized spacial score (nSPS) is 23.9. The topological polar surface area (TPSA) is 69.4 Å². The standard InChI is InChI=1S/C26H27N3O3/c1-17-5-4-6-20(27-17)24-23(18-7-8-21-22(15-18)32-16-31-21)28-25-26(11-2-3-14-29(24)25)12-9-19(30)10-13-26/h2-8,15,19,30H,9-14,16H2,1H3. The molecule has 1 aliphatic carbocycles. The molecule has 3 aliphatic rings. The largest absolute Gasteiger partial charge is 0.454 e. The molecule has 32 heavy (non-hydrogen) atoms. The Morgan fingerprint density at radius 1 is 1.03 bits per heavy atom. The third kappa shape index (κ3) is 3.13. The summed E-state index contributed by atoms with van der Waals surface area (Å²) in [4.78, 5) is 10.2. The molecule has 1 aromatic carbocycles. The molecule has 6 heteroatoms. The van der Waals surface area contributed by atoms with E-state index in [1.165, 1.54) is 0 Å². The number of aliphatic hydroxyl groups excluding tert-OH is 1. The van der Waals surface area contributed by atoms with Crippen LogP contribution in [0.2, 0.25) is 0 Å². The van der Waals surface area contributed by atoms with Crippen LogP contribution in [0.15, 0.2) is 48.6 Å². The van der Waals surface area contributed by atoms with Crippen molar-refractivity contribution in [2.45, 2.75) is 57.1 Å². The van der Waals surface area contributed by atoms with Gasteiger partial charge in [0, 0.05) is 23.2 Å². The summed E-state index contributed by atoms with van der Waals surface area (Å²) in [5.41, 5.74) is 4.83. The van der Waals surface area contributed by atoms with E-state index in [4.69, 9.17) is 19.4 Å². The number of allylic oxidation sites excluding steroid dienone is 2. The molecule has 1 N–H and O–H groups in total. The van der Waals surface area contributed by atoms with Crippen LogP contribution in [0.25, 0.3) is 22.6 Å². The van der Waals surface area contributed by atoms with Gasteiger partial charge < -0.3 is 19.1 Å². The first-order chi connectivity index (χ1) is 15.6. The second kappa shape index (κ2) is 7.48. The number of pyridine rings is 1. The number of fused-ring (bicyclic) bond motifs is 3. The molecule has 0 unspecified atom stereocenters. The molecule has 1 fully saturated rings. The fourth-order valence-corrected chi connectivity index (χ4v) is 5.38. The van der Waals surface area contributed by atoms with Crippen molar-refractivity contribution in [3.63, 3.8) is 0 Å². The number of benzene rings is 1. The van der Waals surface area contributed by atoms with E-state index in [0.29, 0.717) is 0 Å². The van der Waals surface area contributed by atoms with Crippen LogP contribution >= 0.6 is 0 Å². The predicted molar refractivity (Wildman–Crippen MR) is 122 cm³/mol. The molecule has 2 aromatic heterocycles. The second-order valence-corrected chi connectivity index (χ2v) is 9.16. The first kappa shape index (κ1) is 19.6. The van der Waals surface area contributed by atoms with Crippen molar-refractivity contribution in [1.29, 1.82) is 0 Å². The number of aliphatic hydroxyl groups is 1. The highest BCUT2D eigenvalue weighted by Crippen LogP contribution is 2.47. The van der Waals surface area contributed by atoms with Gasteiger partial charge in [-0.3, -0.25) is 4.98 Å². The summed E-state index contributed by atoms with van der Waals surface area (Å²) in [5, 5.41) is 10.2. The molecule has 0 saturated heterocycles. The lowest BCUT2D eigenvalue weighted by atomic mass is 9.70. The highest BCUT2D eigenvalue weighted by molar-refractivity contribution is 5.79. The van der Waals surface area contributed by atoms with Crippen LogP contribution in [-0.4, -0.2) is 32.5 Å². The maximum Gasteiger partial charge on any atom is 0.231 e. The minimum atomic E-state index is -0.206. The van der Waals surface area contributed by atoms with Crippen molar-refractivity contribution in [2.75, 3.05) is 6.79 Å². The summed E-state index contributed by atoms with van der Waals surface area (Å²) in [6, 6.07) is 12.2. The molecule has 0 atom stereocenters. The number of aryl methyl sites for hydroxylation is 1. The quantitative estimate of drug-likeness (QED) is 0.594. The van der Waals surface area contributed by atoms with E-state index in [0.717, 1.165) is 84.3 Å². The van der Waals surface area contributed by atoms with E-state index in [1.807, 2.05) is 25.1 Å². The minimum Gasteiger partial charge on any atom is -0.454 e. The third-order valence-electron chi connectivity index (χ3n) is 7.09. The average Bonchev–Trinajstić information content (AvgIpc) is 3.39. The fourth-order valence-electron chi connectivity index (χ4n) is 5.38. The van der Waals surface area contributed by atoms with Crippen molar-refractivity contribution in [2.24, 2.45) is 0 Å². The highest BCUT2D eigenvalue weighted by atomic mass is 16.7. The van der Waals surface area contributed by atoms with Gasteiger partial charge in [-0.05, 0) is 69.4 Å². The Kier molecular flexibility index (Phi) is 4.57. The number of nitrogens with zero attached hydrogens (tertiary/aromatic N) is 3. The zero-order valence-electron chi connectivity index (χ0n) is 18.3. The molecule has 6 nitrogen and oxygen atoms in total. The van der Waals surface area contributed by atoms with E-state index in [1.54, 1.807) is 0 Å². The van der Waals surface area contributed by atoms with Gasteiger partial charge in [-0.2, -0.15) is 0 Å². The van der Waals surface area contributed by atoms with Crippen LogP contribution in [0.5, 0.6) is 11.5 Å². The number of hydrogen-bond acceptors (Lipinski definition) is 5. The lowest BCUT2D eigenvalue weighted by Gasteiger charge is -2.37. The van der Waals surface area contributed by atoms with Gasteiger partial charge >= 0.3 is 0 Å². The maximum absolute atomic E-state index is 10.2. The molecule has 1 spiro atoms. The molecule has 3 aromatic rings. The lowest BCUT2D eigenvalue weighted by Crippen LogP contribution is -2.35. The number of ether oxygens (including phenoxy) is 2. The first-order valence-electron chi connectivity index (χ1n) is 11.4. The summed E-state index contributed by atoms with van der Waals surface area (Å²) in [7, 11) is 0. The Bertz CT molecular complexity index is 1210. The molecule has 0 bridgehead atoms. The Morgan fingerprint density at radius 3 is 2.72 bits per heavy atom. The van der Waals surface area contributed by atoms with Crippen LogP contribution in [0.3, 0.4) is 0 Å². The molecule has 0 radical (unpaired) electrons. The summed E-state index contributed by atoms with van der Waals surface area (Å²) in [6.07, 6.45) is 8.80. The fraction of sp³-hybridized carbons (Fsp3) is 0.385. The smallest absolute Gasteiger partial charge is 0.231 e. The van der Waals surface area contributed by atoms with Gasteiger partial charge in [-0.15, -0.1) is 0 Å². The Labute approximate surface area is 187 Å². The number of aromatic nitrogens is 3. The van der Waals surface area contributed by atoms with Crippen LogP contribution in [-0.2, 0) is 12.0 Å². The van der Waals surface area contributed by atoms with Crippen molar-refractivity contribution >= 4 is 0 Å². The van der Waals surface area contributed by atoms with E-state index < -0.39 is 0 Å². The molecule has 0 amide bonds. The van der Waals surface area contributed by atoms with E-state index in [-0.39, 0.29) is 18.3 Å². The average molecular weight is 430 g/mol. The SMILES string of the molecule is Cc1cccc(-c2c(-c3ccc4c(c3)OCO4)nc3n2CC=CCC32CCC(O)CC2)n1. The zero-order chi connectivity index (χ0) is 21.7. The summed E-state index contributed by atoms with van der Waals surface area (Å²) in [6.45, 7) is 3.04. The molecule has 2 aliphatic heterocycles. The van der Waals surface area contributed by atoms with Gasteiger partial charge in [0.25, 0.3) is 0 Å². The molecule has 6 rings (SSSR count). The van der Waals surface area contributed by atoms with Gasteiger partial charge in [0.05, 0.1) is 23.2 Å². The number of hydrogen-bond donors (Lipinski definition) is 1. The highest BCUT2D eigenvalue weighted by Gasteiger charge is 2.41. The van der Waals surface area contributed by atoms with Crippen LogP contribution in [0.1, 0.15) is 43.6 Å². The predicted octanol–water partition coefficient (Wildman–Crippen LogP) is 4.78. The molecule has 4 heterocycles. The van der Waals surface area contributed by atoms with Gasteiger partial charge in [-0.1, -0.05) is 18.2 Å². The van der Waals surface area contributed by atoms with E-state index in [9.17, 15) is 5.11 Å². The molecular weight excluding hydrogens is 402 g/mol. The molecule has 1 saturated carbocycles. The zero-order valence-corrected chi connectivity index (χ0v) is 18.3. The van der Waals surface area contributed by atoms with Gasteiger partial charge in [0.2, 0.25) is 6.79 Å². The van der Waals surface area contributed by atoms with Crippen LogP contribution < -0.4 is 9.47 Å². The van der Waals surface area contributed by atoms with E-state index in [2.05, 4.69) is 34.9 Å². The van der Waals surface area contributed by atoms with Gasteiger partial charge in [0.1, 0.15) is 5.82 Å². The minimum absolute atomic E-state index is 0.0562. The Hall–Kier alpha value is -3.12. The third-order valence-corrected chi connectivity index (χ3v) is 7.09. The first-order valence-corrected chi connectivity index (χ1v) is 11.4. The second-order valence-electron chi connectivity index (χ2n) is 9.16. The van der Waals surface area contributed by atoms with Gasteiger partial charge in [0.15, 0.2) is 11.5 Å². The van der Waals surface area contributed by atoms with E-state index >= 15 is 0 Å². The van der Waals surface area contributed by atoms with Crippen molar-refractivity contribution in [1.82, 2.24) is 14.5 Å². The molecule has 164 valence electrons. The van der Waals surface area contributed by atoms with Crippen LogP contribution in [0.4, 0.5) is 0 Å². The summed E-state index contributed by atoms with van der Waals surface area (Å²) < 4.78 is 13.5. The monoisotopic (exact) mass is 429 g/mol. The lowest BCUT2D eigenvalue weighted by molar-refractivity contribution is 0.0924. The number of rotatable bonds is 2. The molecular formula is C26H27N3O3. The van der Waals surface area contributed by atoms with Crippen molar-refractivity contribution in [3.8, 4) is 34.1 Å².